The van der Waals surface area contributed by atoms with Crippen LogP contribution in [-0.4, -0.2) is 82.3 Å². The molecular weight excluding hydrogens is 686 g/mol. The molecule has 2 aliphatic heterocycles. The number of carbonyl (C=O) groups is 5. The Hall–Kier alpha value is -5.78. The van der Waals surface area contributed by atoms with Gasteiger partial charge < -0.3 is 24.7 Å². The predicted molar refractivity (Wildman–Crippen MR) is 209 cm³/mol. The molecule has 5 rings (SSSR count). The lowest BCUT2D eigenvalue weighted by atomic mass is 9.92. The topological polar surface area (TPSA) is 141 Å². The number of ether oxygens (including phenoxy) is 1. The van der Waals surface area contributed by atoms with Gasteiger partial charge in [-0.3, -0.25) is 28.9 Å². The number of hydrogen-bond acceptors (Lipinski definition) is 8. The van der Waals surface area contributed by atoms with E-state index in [0.29, 0.717) is 61.4 Å². The molecule has 284 valence electrons. The molecule has 1 aliphatic carbocycles. The van der Waals surface area contributed by atoms with Crippen molar-refractivity contribution in [3.05, 3.63) is 77.7 Å². The molecule has 0 saturated carbocycles. The number of carbonyl (C=O) groups excluding carboxylic acids is 5. The van der Waals surface area contributed by atoms with Crippen molar-refractivity contribution < 1.29 is 33.1 Å². The van der Waals surface area contributed by atoms with Gasteiger partial charge in [-0.1, -0.05) is 19.3 Å². The smallest absolute Gasteiger partial charge is 0.308 e. The number of fused-ring (bicyclic) bond motifs is 2. The van der Waals surface area contributed by atoms with Crippen LogP contribution in [0.15, 0.2) is 71.2 Å². The van der Waals surface area contributed by atoms with E-state index in [-0.39, 0.29) is 29.4 Å². The number of nitrogens with one attached hydrogen (secondary N) is 2. The van der Waals surface area contributed by atoms with E-state index < -0.39 is 5.97 Å². The molecule has 12 nitrogen and oxygen atoms in total. The Morgan fingerprint density at radius 3 is 2.17 bits per heavy atom. The van der Waals surface area contributed by atoms with Gasteiger partial charge in [-0.15, -0.1) is 0 Å². The summed E-state index contributed by atoms with van der Waals surface area (Å²) in [5, 5.41) is 7.75. The highest BCUT2D eigenvalue weighted by Gasteiger charge is 2.24. The van der Waals surface area contributed by atoms with E-state index in [1.165, 1.54) is 24.0 Å². The fraction of sp³-hybridized carbons (Fsp3) is 0.381. The van der Waals surface area contributed by atoms with Crippen LogP contribution >= 0.6 is 0 Å². The van der Waals surface area contributed by atoms with Gasteiger partial charge in [0.2, 0.25) is 11.3 Å². The van der Waals surface area contributed by atoms with Crippen molar-refractivity contribution in [3.63, 3.8) is 0 Å². The van der Waals surface area contributed by atoms with Crippen molar-refractivity contribution in [2.45, 2.75) is 58.3 Å². The fourth-order valence-corrected chi connectivity index (χ4v) is 6.43. The molecular formula is C42H50N5O7+. The number of rotatable bonds is 17. The zero-order chi connectivity index (χ0) is 38.8. The Morgan fingerprint density at radius 2 is 1.48 bits per heavy atom. The molecule has 0 radical (unpaired) electrons. The first kappa shape index (κ1) is 39.4. The highest BCUT2D eigenvalue weighted by atomic mass is 16.5. The molecule has 3 aliphatic rings. The number of hydrogen-bond donors (Lipinski definition) is 2. The van der Waals surface area contributed by atoms with E-state index in [1.54, 1.807) is 12.1 Å². The maximum atomic E-state index is 13.2. The third-order valence-corrected chi connectivity index (χ3v) is 9.39. The summed E-state index contributed by atoms with van der Waals surface area (Å²) in [5.74, 6) is -0.349. The maximum absolute atomic E-state index is 13.2. The molecule has 54 heavy (non-hydrogen) atoms. The molecule has 2 aromatic carbocycles. The average Bonchev–Trinajstić information content (AvgIpc) is 3.46. The Morgan fingerprint density at radius 1 is 0.796 bits per heavy atom. The van der Waals surface area contributed by atoms with Gasteiger partial charge in [-0.25, -0.2) is 4.58 Å². The fourth-order valence-electron chi connectivity index (χ4n) is 6.43. The second-order valence-corrected chi connectivity index (χ2v) is 13.9. The van der Waals surface area contributed by atoms with E-state index in [2.05, 4.69) is 10.6 Å². The zero-order valence-electron chi connectivity index (χ0n) is 31.8. The second-order valence-electron chi connectivity index (χ2n) is 13.9. The highest BCUT2D eigenvalue weighted by Crippen LogP contribution is 2.44. The molecule has 0 aromatic heterocycles. The van der Waals surface area contributed by atoms with Gasteiger partial charge in [0.25, 0.3) is 17.7 Å². The van der Waals surface area contributed by atoms with Crippen molar-refractivity contribution in [2.75, 3.05) is 52.7 Å². The number of benzene rings is 3. The summed E-state index contributed by atoms with van der Waals surface area (Å²) >= 11 is 0. The lowest BCUT2D eigenvalue weighted by Gasteiger charge is -2.19. The average molecular weight is 737 g/mol. The molecule has 0 saturated heterocycles. The summed E-state index contributed by atoms with van der Waals surface area (Å²) in [6.07, 6.45) is 8.53. The van der Waals surface area contributed by atoms with Gasteiger partial charge in [-0.2, -0.15) is 0 Å². The van der Waals surface area contributed by atoms with Crippen molar-refractivity contribution in [3.8, 4) is 28.2 Å². The standard InChI is InChI=1S/C42H49N5O7/c1-28(48)53-35-25-29(42(52)44-23-11-7-6-10-22-43-38(49)13-9-8-12-24-47-39(50)20-21-40(47)51)14-17-32(35)41-33-18-15-30(45(2)3)26-36(33)54-37-27-31(46(4)5)16-19-34(37)41/h14-21,25-27H,6-13,22-24H2,1-5H3,(H-,43,44,49,52)/p+1. The van der Waals surface area contributed by atoms with Crippen molar-refractivity contribution in [1.29, 1.82) is 0 Å². The molecule has 0 unspecified atom stereocenters. The molecule has 4 amide bonds. The maximum Gasteiger partial charge on any atom is 0.308 e. The first-order valence-corrected chi connectivity index (χ1v) is 18.5. The van der Waals surface area contributed by atoms with Crippen LogP contribution in [0, 0.1) is 0 Å². The van der Waals surface area contributed by atoms with Crippen LogP contribution in [0.5, 0.6) is 5.75 Å². The SMILES string of the molecule is CC(=O)Oc1cc(C(=O)NCCCCCCNC(=O)CCCCCN2C(=O)C=CC2=O)ccc1-c1c2ccc(=[N+](C)C)cc-2oc2cc(N(C)C)ccc12. The zero-order valence-corrected chi connectivity index (χ0v) is 31.8. The number of nitrogens with zero attached hydrogens (tertiary/aromatic N) is 3. The van der Waals surface area contributed by atoms with Crippen LogP contribution in [0.4, 0.5) is 5.69 Å². The van der Waals surface area contributed by atoms with E-state index in [0.717, 1.165) is 59.7 Å². The molecule has 2 aromatic rings. The highest BCUT2D eigenvalue weighted by molar-refractivity contribution is 6.12. The number of esters is 1. The largest absolute Gasteiger partial charge is 0.456 e. The summed E-state index contributed by atoms with van der Waals surface area (Å²) in [6.45, 7) is 2.80. The Labute approximate surface area is 315 Å². The molecule has 0 fully saturated rings. The van der Waals surface area contributed by atoms with E-state index in [4.69, 9.17) is 9.15 Å². The van der Waals surface area contributed by atoms with Gasteiger partial charge in [0.05, 0.1) is 6.07 Å². The van der Waals surface area contributed by atoms with Crippen LogP contribution in [0.3, 0.4) is 0 Å². The Bertz CT molecular complexity index is 2090. The Balaban J connectivity index is 1.14. The van der Waals surface area contributed by atoms with Crippen LogP contribution in [0.2, 0.25) is 0 Å². The van der Waals surface area contributed by atoms with Crippen molar-refractivity contribution >= 4 is 46.3 Å². The van der Waals surface area contributed by atoms with E-state index >= 15 is 0 Å². The van der Waals surface area contributed by atoms with Gasteiger partial charge >= 0.3 is 5.97 Å². The molecule has 12 heteroatoms. The quantitative estimate of drug-likeness (QED) is 0.0380. The van der Waals surface area contributed by atoms with Crippen LogP contribution in [0.1, 0.15) is 68.6 Å². The minimum atomic E-state index is -0.493. The third kappa shape index (κ3) is 10.00. The number of anilines is 1. The summed E-state index contributed by atoms with van der Waals surface area (Å²) in [4.78, 5) is 64.1. The van der Waals surface area contributed by atoms with Gasteiger partial charge in [0, 0.05) is 105 Å². The number of amides is 4. The molecule has 2 heterocycles. The Kier molecular flexibility index (Phi) is 13.4. The lowest BCUT2D eigenvalue weighted by molar-refractivity contribution is -0.137. The van der Waals surface area contributed by atoms with Crippen molar-refractivity contribution in [1.82, 2.24) is 20.1 Å². The van der Waals surface area contributed by atoms with Gasteiger partial charge in [-0.05, 0) is 62.1 Å². The van der Waals surface area contributed by atoms with E-state index in [9.17, 15) is 24.0 Å². The normalized spacial score (nSPS) is 12.4. The summed E-state index contributed by atoms with van der Waals surface area (Å²) in [7, 11) is 7.88. The monoisotopic (exact) mass is 736 g/mol. The predicted octanol–water partition coefficient (Wildman–Crippen LogP) is 5.12. The number of unbranched alkanes of at least 4 members (excludes halogenated alkanes) is 5. The summed E-state index contributed by atoms with van der Waals surface area (Å²) < 4.78 is 14.2. The van der Waals surface area contributed by atoms with Crippen molar-refractivity contribution in [2.24, 2.45) is 0 Å². The summed E-state index contributed by atoms with van der Waals surface area (Å²) in [5.41, 5.74) is 4.38. The molecule has 0 spiro atoms. The molecule has 2 N–H and O–H groups in total. The van der Waals surface area contributed by atoms with Crippen LogP contribution in [0.25, 0.3) is 33.4 Å². The molecule has 0 atom stereocenters. The van der Waals surface area contributed by atoms with Gasteiger partial charge in [0.15, 0.2) is 0 Å². The van der Waals surface area contributed by atoms with Crippen LogP contribution < -0.4 is 30.2 Å². The number of imide groups is 1. The molecule has 0 bridgehead atoms. The second kappa shape index (κ2) is 18.3. The minimum absolute atomic E-state index is 0.00281. The first-order valence-electron chi connectivity index (χ1n) is 18.5. The lowest BCUT2D eigenvalue weighted by Crippen LogP contribution is -2.30. The first-order chi connectivity index (χ1) is 25.9. The van der Waals surface area contributed by atoms with Gasteiger partial charge in [0.1, 0.15) is 31.2 Å². The van der Waals surface area contributed by atoms with E-state index in [1.807, 2.05) is 80.1 Å². The van der Waals surface area contributed by atoms with Crippen LogP contribution in [-0.2, 0) is 19.2 Å². The third-order valence-electron chi connectivity index (χ3n) is 9.39. The minimum Gasteiger partial charge on any atom is -0.456 e. The summed E-state index contributed by atoms with van der Waals surface area (Å²) in [6, 6.07) is 17.2.